The molecule has 0 bridgehead atoms. The predicted molar refractivity (Wildman–Crippen MR) is 125 cm³/mol. The highest BCUT2D eigenvalue weighted by atomic mass is 32.2. The fourth-order valence-corrected chi connectivity index (χ4v) is 4.09. The Bertz CT molecular complexity index is 897. The Balaban J connectivity index is 1.63. The molecular weight excluding hydrogens is 432 g/mol. The largest absolute Gasteiger partial charge is 0.493 e. The summed E-state index contributed by atoms with van der Waals surface area (Å²) >= 11 is 1.47. The topological polar surface area (TPSA) is 129 Å². The molecule has 0 spiro atoms. The van der Waals surface area contributed by atoms with Crippen LogP contribution < -0.4 is 21.4 Å². The molecular formula is C22H32N4O5S. The number of hydrogen-bond acceptors (Lipinski definition) is 9. The SMILES string of the molecule is CCCC(NC(=O)C1CSC(/C(C)=N/OCCCN)=N1)c1cc(OCC2CC2)cc(=O)o1. The van der Waals surface area contributed by atoms with Crippen molar-refractivity contribution in [2.75, 3.05) is 25.5 Å². The minimum absolute atomic E-state index is 0.213. The van der Waals surface area contributed by atoms with Crippen LogP contribution in [0.5, 0.6) is 5.75 Å². The van der Waals surface area contributed by atoms with Crippen molar-refractivity contribution in [2.24, 2.45) is 21.8 Å². The fourth-order valence-electron chi connectivity index (χ4n) is 3.10. The molecule has 2 aliphatic rings. The molecule has 3 rings (SSSR count). The summed E-state index contributed by atoms with van der Waals surface area (Å²) in [7, 11) is 0. The van der Waals surface area contributed by atoms with Gasteiger partial charge in [-0.3, -0.25) is 9.79 Å². The maximum absolute atomic E-state index is 12.9. The Morgan fingerprint density at radius 2 is 2.25 bits per heavy atom. The summed E-state index contributed by atoms with van der Waals surface area (Å²) in [6, 6.07) is 2.09. The molecule has 10 heteroatoms. The maximum atomic E-state index is 12.9. The number of hydrogen-bond donors (Lipinski definition) is 2. The van der Waals surface area contributed by atoms with Gasteiger partial charge in [-0.1, -0.05) is 18.5 Å². The van der Waals surface area contributed by atoms with E-state index < -0.39 is 17.7 Å². The van der Waals surface area contributed by atoms with E-state index in [2.05, 4.69) is 15.5 Å². The highest BCUT2D eigenvalue weighted by Gasteiger charge is 2.29. The molecule has 2 unspecified atom stereocenters. The third-order valence-electron chi connectivity index (χ3n) is 5.09. The van der Waals surface area contributed by atoms with Crippen molar-refractivity contribution in [3.63, 3.8) is 0 Å². The molecule has 1 aliphatic heterocycles. The third-order valence-corrected chi connectivity index (χ3v) is 6.24. The zero-order valence-electron chi connectivity index (χ0n) is 18.7. The van der Waals surface area contributed by atoms with Crippen molar-refractivity contribution in [3.8, 4) is 5.75 Å². The zero-order valence-corrected chi connectivity index (χ0v) is 19.5. The molecule has 9 nitrogen and oxygen atoms in total. The quantitative estimate of drug-likeness (QED) is 0.261. The number of nitrogens with one attached hydrogen (secondary N) is 1. The number of carbonyl (C=O) groups excluding carboxylic acids is 1. The van der Waals surface area contributed by atoms with E-state index >= 15 is 0 Å². The van der Waals surface area contributed by atoms with Crippen LogP contribution in [0.2, 0.25) is 0 Å². The van der Waals surface area contributed by atoms with Crippen molar-refractivity contribution in [2.45, 2.75) is 58.0 Å². The molecule has 3 N–H and O–H groups in total. The summed E-state index contributed by atoms with van der Waals surface area (Å²) in [5.74, 6) is 1.76. The number of oxime groups is 1. The van der Waals surface area contributed by atoms with Crippen molar-refractivity contribution in [1.29, 1.82) is 0 Å². The standard InChI is InChI=1S/C22H32N4O5S/c1-3-5-17(19-10-16(11-20(27)31-19)29-12-15-6-7-15)24-21(28)18-13-32-22(25-18)14(2)26-30-9-4-8-23/h10-11,15,17-18H,3-9,12-13,23H2,1-2H3,(H,24,28)/b26-14+. The van der Waals surface area contributed by atoms with Crippen molar-refractivity contribution < 1.29 is 18.8 Å². The van der Waals surface area contributed by atoms with Gasteiger partial charge in [0.15, 0.2) is 0 Å². The molecule has 1 amide bonds. The molecule has 0 saturated heterocycles. The van der Waals surface area contributed by atoms with Gasteiger partial charge in [-0.25, -0.2) is 4.79 Å². The minimum Gasteiger partial charge on any atom is -0.493 e. The van der Waals surface area contributed by atoms with Gasteiger partial charge < -0.3 is 25.0 Å². The smallest absolute Gasteiger partial charge is 0.339 e. The molecule has 1 saturated carbocycles. The van der Waals surface area contributed by atoms with Gasteiger partial charge in [-0.15, -0.1) is 11.8 Å². The lowest BCUT2D eigenvalue weighted by molar-refractivity contribution is -0.122. The Hall–Kier alpha value is -2.33. The van der Waals surface area contributed by atoms with E-state index in [-0.39, 0.29) is 5.91 Å². The summed E-state index contributed by atoms with van der Waals surface area (Å²) in [5, 5.41) is 7.72. The van der Waals surface area contributed by atoms with Gasteiger partial charge in [-0.05, 0) is 45.1 Å². The van der Waals surface area contributed by atoms with Crippen molar-refractivity contribution in [1.82, 2.24) is 5.32 Å². The summed E-state index contributed by atoms with van der Waals surface area (Å²) < 4.78 is 11.1. The Morgan fingerprint density at radius 3 is 2.97 bits per heavy atom. The van der Waals surface area contributed by atoms with Gasteiger partial charge in [0, 0.05) is 11.8 Å². The first kappa shape index (κ1) is 24.3. The first-order valence-electron chi connectivity index (χ1n) is 11.2. The summed E-state index contributed by atoms with van der Waals surface area (Å²) in [4.78, 5) is 34.7. The van der Waals surface area contributed by atoms with Crippen LogP contribution in [-0.2, 0) is 9.63 Å². The van der Waals surface area contributed by atoms with Crippen LogP contribution in [0.3, 0.4) is 0 Å². The van der Waals surface area contributed by atoms with Crippen molar-refractivity contribution >= 4 is 28.4 Å². The highest BCUT2D eigenvalue weighted by molar-refractivity contribution is 8.16. The predicted octanol–water partition coefficient (Wildman–Crippen LogP) is 2.64. The minimum atomic E-state index is -0.537. The average molecular weight is 465 g/mol. The van der Waals surface area contributed by atoms with E-state index in [4.69, 9.17) is 19.7 Å². The molecule has 2 atom stereocenters. The highest BCUT2D eigenvalue weighted by Crippen LogP contribution is 2.30. The van der Waals surface area contributed by atoms with Crippen LogP contribution in [0, 0.1) is 5.92 Å². The van der Waals surface area contributed by atoms with Gasteiger partial charge in [-0.2, -0.15) is 0 Å². The molecule has 1 aromatic rings. The summed E-state index contributed by atoms with van der Waals surface area (Å²) in [6.45, 7) is 5.40. The van der Waals surface area contributed by atoms with Gasteiger partial charge in [0.05, 0.1) is 18.7 Å². The fraction of sp³-hybridized carbons (Fsp3) is 0.636. The van der Waals surface area contributed by atoms with Crippen LogP contribution in [-0.4, -0.2) is 48.2 Å². The van der Waals surface area contributed by atoms with E-state index in [1.54, 1.807) is 13.0 Å². The number of rotatable bonds is 13. The normalized spacial score (nSPS) is 19.4. The number of thioether (sulfide) groups is 1. The Labute approximate surface area is 192 Å². The molecule has 1 fully saturated rings. The van der Waals surface area contributed by atoms with Crippen LogP contribution in [0.25, 0.3) is 0 Å². The van der Waals surface area contributed by atoms with Gasteiger partial charge >= 0.3 is 5.63 Å². The number of amides is 1. The number of aliphatic imine (C=N–C) groups is 1. The first-order valence-corrected chi connectivity index (χ1v) is 12.1. The lowest BCUT2D eigenvalue weighted by atomic mass is 10.1. The van der Waals surface area contributed by atoms with Crippen LogP contribution in [0.4, 0.5) is 0 Å². The zero-order chi connectivity index (χ0) is 22.9. The van der Waals surface area contributed by atoms with E-state index in [1.807, 2.05) is 6.92 Å². The van der Waals surface area contributed by atoms with Crippen LogP contribution in [0.15, 0.2) is 31.5 Å². The molecule has 2 heterocycles. The van der Waals surface area contributed by atoms with Gasteiger partial charge in [0.2, 0.25) is 5.91 Å². The molecule has 1 aromatic heterocycles. The van der Waals surface area contributed by atoms with E-state index in [9.17, 15) is 9.59 Å². The van der Waals surface area contributed by atoms with E-state index in [0.29, 0.717) is 60.1 Å². The summed E-state index contributed by atoms with van der Waals surface area (Å²) in [6.07, 6.45) is 4.49. The van der Waals surface area contributed by atoms with Crippen molar-refractivity contribution in [3.05, 3.63) is 28.3 Å². The Morgan fingerprint density at radius 1 is 1.44 bits per heavy atom. The second kappa shape index (κ2) is 12.1. The van der Waals surface area contributed by atoms with Crippen LogP contribution >= 0.6 is 11.8 Å². The average Bonchev–Trinajstić information content (AvgIpc) is 3.47. The monoisotopic (exact) mass is 464 g/mol. The van der Waals surface area contributed by atoms with Gasteiger partial charge in [0.25, 0.3) is 0 Å². The number of nitrogens with zero attached hydrogens (tertiary/aromatic N) is 2. The lowest BCUT2D eigenvalue weighted by Crippen LogP contribution is -2.37. The maximum Gasteiger partial charge on any atom is 0.339 e. The van der Waals surface area contributed by atoms with Crippen LogP contribution in [0.1, 0.15) is 57.8 Å². The Kier molecular flexibility index (Phi) is 9.16. The molecule has 32 heavy (non-hydrogen) atoms. The molecule has 0 radical (unpaired) electrons. The second-order valence-corrected chi connectivity index (χ2v) is 9.04. The lowest BCUT2D eigenvalue weighted by Gasteiger charge is -2.19. The first-order chi connectivity index (χ1) is 15.5. The number of carbonyl (C=O) groups is 1. The van der Waals surface area contributed by atoms with E-state index in [0.717, 1.165) is 25.7 Å². The number of nitrogens with two attached hydrogens (primary N) is 1. The molecule has 0 aromatic carbocycles. The molecule has 176 valence electrons. The van der Waals surface area contributed by atoms with Gasteiger partial charge in [0.1, 0.15) is 34.9 Å². The summed E-state index contributed by atoms with van der Waals surface area (Å²) in [5.41, 5.74) is 5.59. The second-order valence-electron chi connectivity index (χ2n) is 8.03. The number of ether oxygens (including phenoxy) is 1. The third kappa shape index (κ3) is 7.37. The van der Waals surface area contributed by atoms with E-state index in [1.165, 1.54) is 17.8 Å². The molecule has 1 aliphatic carbocycles.